The molecule has 0 radical (unpaired) electrons. The van der Waals surface area contributed by atoms with Gasteiger partial charge in [-0.05, 0) is 35.0 Å². The number of nitrogens with zero attached hydrogens (tertiary/aromatic N) is 3. The molecule has 0 saturated carbocycles. The number of hydrogen-bond acceptors (Lipinski definition) is 3. The maximum atomic E-state index is 13.3. The Bertz CT molecular complexity index is 555. The zero-order chi connectivity index (χ0) is 12.6. The van der Waals surface area contributed by atoms with E-state index in [-0.39, 0.29) is 6.61 Å². The van der Waals surface area contributed by atoms with E-state index in [1.807, 2.05) is 13.0 Å². The Hall–Kier alpha value is -0.310. The van der Waals surface area contributed by atoms with Gasteiger partial charge in [-0.3, -0.25) is 0 Å². The Morgan fingerprint density at radius 2 is 2.24 bits per heavy atom. The molecular formula is C9H11BrFN3OP2. The van der Waals surface area contributed by atoms with Gasteiger partial charge in [-0.2, -0.15) is 4.98 Å². The van der Waals surface area contributed by atoms with Crippen molar-refractivity contribution < 1.29 is 9.13 Å². The van der Waals surface area contributed by atoms with Crippen LogP contribution in [-0.4, -0.2) is 26.4 Å². The van der Waals surface area contributed by atoms with Crippen molar-refractivity contribution in [2.45, 2.75) is 12.1 Å². The molecule has 92 valence electrons. The van der Waals surface area contributed by atoms with Crippen molar-refractivity contribution in [1.29, 1.82) is 0 Å². The average molecular weight is 338 g/mol. The van der Waals surface area contributed by atoms with Crippen LogP contribution in [-0.2, 0) is 0 Å². The molecule has 0 bridgehead atoms. The molecule has 2 heterocycles. The molecule has 0 aromatic carbocycles. The van der Waals surface area contributed by atoms with E-state index < -0.39 is 5.15 Å². The number of halogens is 2. The van der Waals surface area contributed by atoms with Crippen molar-refractivity contribution in [3.8, 4) is 5.75 Å². The summed E-state index contributed by atoms with van der Waals surface area (Å²) < 4.78 is 20.8. The first-order chi connectivity index (χ1) is 7.87. The lowest BCUT2D eigenvalue weighted by atomic mass is 10.3. The van der Waals surface area contributed by atoms with Crippen LogP contribution >= 0.6 is 34.4 Å². The summed E-state index contributed by atoms with van der Waals surface area (Å²) in [5.41, 5.74) is 1.49. The number of alkyl halides is 1. The number of aryl methyl sites for hydroxylation is 1. The van der Waals surface area contributed by atoms with Crippen LogP contribution in [0.25, 0.3) is 5.65 Å². The van der Waals surface area contributed by atoms with E-state index in [0.717, 1.165) is 5.69 Å². The Balaban J connectivity index is 2.38. The number of ether oxygens (including phenoxy) is 1. The molecule has 4 nitrogen and oxygen atoms in total. The number of aromatic nitrogens is 3. The second kappa shape index (κ2) is 4.75. The molecule has 0 fully saturated rings. The molecular weight excluding hydrogens is 327 g/mol. The molecule has 0 aliphatic heterocycles. The largest absolute Gasteiger partial charge is 0.486 e. The van der Waals surface area contributed by atoms with Crippen LogP contribution in [0.4, 0.5) is 4.39 Å². The minimum absolute atomic E-state index is 0.0917. The highest BCUT2D eigenvalue weighted by Gasteiger charge is 2.18. The van der Waals surface area contributed by atoms with E-state index in [2.05, 4.69) is 44.5 Å². The van der Waals surface area contributed by atoms with Gasteiger partial charge >= 0.3 is 0 Å². The van der Waals surface area contributed by atoms with Crippen LogP contribution in [0, 0.1) is 6.92 Å². The minimum Gasteiger partial charge on any atom is -0.486 e. The van der Waals surface area contributed by atoms with Gasteiger partial charge in [0.15, 0.2) is 16.5 Å². The van der Waals surface area contributed by atoms with E-state index in [9.17, 15) is 4.39 Å². The fourth-order valence-electron chi connectivity index (χ4n) is 1.33. The van der Waals surface area contributed by atoms with Gasteiger partial charge in [-0.15, -0.1) is 5.10 Å². The normalized spacial score (nSPS) is 12.1. The molecule has 0 aliphatic carbocycles. The third-order valence-electron chi connectivity index (χ3n) is 2.06. The fraction of sp³-hybridized carbons (Fsp3) is 0.333. The number of hydrogen-bond donors (Lipinski definition) is 0. The molecule has 2 rings (SSSR count). The Morgan fingerprint density at radius 1 is 1.53 bits per heavy atom. The summed E-state index contributed by atoms with van der Waals surface area (Å²) in [5, 5.41) is 2.61. The first-order valence-corrected chi connectivity index (χ1v) is 6.73. The molecule has 17 heavy (non-hydrogen) atoms. The Kier molecular flexibility index (Phi) is 3.67. The maximum absolute atomic E-state index is 13.3. The van der Waals surface area contributed by atoms with Gasteiger partial charge < -0.3 is 4.74 Å². The van der Waals surface area contributed by atoms with E-state index in [4.69, 9.17) is 4.74 Å². The third-order valence-corrected chi connectivity index (χ3v) is 2.73. The summed E-state index contributed by atoms with van der Waals surface area (Å²) in [6.45, 7) is 1.81. The van der Waals surface area contributed by atoms with Crippen LogP contribution in [0.5, 0.6) is 5.75 Å². The average Bonchev–Trinajstić information content (AvgIpc) is 2.58. The molecule has 8 heteroatoms. The predicted octanol–water partition coefficient (Wildman–Crippen LogP) is 2.55. The summed E-state index contributed by atoms with van der Waals surface area (Å²) in [6.07, 6.45) is 0. The number of pyridine rings is 1. The second-order valence-electron chi connectivity index (χ2n) is 3.67. The number of rotatable bonds is 3. The van der Waals surface area contributed by atoms with Crippen molar-refractivity contribution in [2.75, 3.05) is 6.61 Å². The van der Waals surface area contributed by atoms with Gasteiger partial charge in [0.2, 0.25) is 4.73 Å². The summed E-state index contributed by atoms with van der Waals surface area (Å²) in [7, 11) is 4.12. The smallest absolute Gasteiger partial charge is 0.218 e. The lowest BCUT2D eigenvalue weighted by Crippen LogP contribution is -2.15. The van der Waals surface area contributed by atoms with Crippen LogP contribution in [0.2, 0.25) is 0 Å². The molecule has 2 atom stereocenters. The fourth-order valence-corrected chi connectivity index (χ4v) is 1.83. The zero-order valence-electron chi connectivity index (χ0n) is 9.02. The van der Waals surface area contributed by atoms with Crippen molar-refractivity contribution in [3.63, 3.8) is 0 Å². The van der Waals surface area contributed by atoms with Gasteiger partial charge in [0.05, 0.1) is 0 Å². The lowest BCUT2D eigenvalue weighted by molar-refractivity contribution is 0.233. The Labute approximate surface area is 111 Å². The van der Waals surface area contributed by atoms with Crippen LogP contribution in [0.1, 0.15) is 5.69 Å². The molecule has 0 N–H and O–H groups in total. The highest BCUT2D eigenvalue weighted by molar-refractivity contribution is 9.10. The summed E-state index contributed by atoms with van der Waals surface area (Å²) in [4.78, 5) is 4.18. The summed E-state index contributed by atoms with van der Waals surface area (Å²) in [5.74, 6) is 0.501. The first-order valence-electron chi connectivity index (χ1n) is 4.78. The minimum atomic E-state index is -1.54. The lowest BCUT2D eigenvalue weighted by Gasteiger charge is -2.15. The molecule has 2 aromatic rings. The van der Waals surface area contributed by atoms with E-state index >= 15 is 0 Å². The number of fused-ring (bicyclic) bond motifs is 1. The molecule has 2 aromatic heterocycles. The molecule has 0 spiro atoms. The van der Waals surface area contributed by atoms with Gasteiger partial charge in [0.1, 0.15) is 6.61 Å². The van der Waals surface area contributed by atoms with Crippen LogP contribution in [0.15, 0.2) is 16.9 Å². The van der Waals surface area contributed by atoms with Gasteiger partial charge in [-0.25, -0.2) is 8.91 Å². The summed E-state index contributed by atoms with van der Waals surface area (Å²) in [6, 6.07) is 3.60. The standard InChI is InChI=1S/C9H11BrFN3OP2/c1-5-2-3-6(15-4-9(11,16)17)7-12-8(10)13-14(5)7/h2-3H,4,16-17H2,1H3. The van der Waals surface area contributed by atoms with E-state index in [1.165, 1.54) is 0 Å². The van der Waals surface area contributed by atoms with E-state index in [1.54, 1.807) is 10.6 Å². The Morgan fingerprint density at radius 3 is 2.88 bits per heavy atom. The topological polar surface area (TPSA) is 39.4 Å². The summed E-state index contributed by atoms with van der Waals surface area (Å²) >= 11 is 3.20. The van der Waals surface area contributed by atoms with Crippen molar-refractivity contribution >= 4 is 40.1 Å². The van der Waals surface area contributed by atoms with Crippen molar-refractivity contribution in [2.24, 2.45) is 0 Å². The highest BCUT2D eigenvalue weighted by atomic mass is 79.9. The second-order valence-corrected chi connectivity index (χ2v) is 6.97. The van der Waals surface area contributed by atoms with Crippen molar-refractivity contribution in [3.05, 3.63) is 22.6 Å². The first kappa shape index (κ1) is 13.1. The molecule has 0 saturated heterocycles. The SMILES string of the molecule is Cc1ccc(OCC(F)(P)P)c2nc(Br)nn12. The van der Waals surface area contributed by atoms with Crippen LogP contribution in [0.3, 0.4) is 0 Å². The molecule has 2 unspecified atom stereocenters. The third kappa shape index (κ3) is 3.12. The van der Waals surface area contributed by atoms with Crippen LogP contribution < -0.4 is 4.74 Å². The quantitative estimate of drug-likeness (QED) is 0.808. The zero-order valence-corrected chi connectivity index (χ0v) is 12.9. The monoisotopic (exact) mass is 337 g/mol. The molecule has 0 aliphatic rings. The van der Waals surface area contributed by atoms with Gasteiger partial charge in [-0.1, -0.05) is 18.5 Å². The van der Waals surface area contributed by atoms with E-state index in [0.29, 0.717) is 16.1 Å². The van der Waals surface area contributed by atoms with Crippen molar-refractivity contribution in [1.82, 2.24) is 14.6 Å². The van der Waals surface area contributed by atoms with Gasteiger partial charge in [0, 0.05) is 5.69 Å². The maximum Gasteiger partial charge on any atom is 0.218 e. The predicted molar refractivity (Wildman–Crippen MR) is 74.2 cm³/mol. The molecule has 0 amide bonds. The highest BCUT2D eigenvalue weighted by Crippen LogP contribution is 2.30. The van der Waals surface area contributed by atoms with Gasteiger partial charge in [0.25, 0.3) is 0 Å².